The zero-order chi connectivity index (χ0) is 9.43. The van der Waals surface area contributed by atoms with Crippen molar-refractivity contribution in [3.8, 4) is 0 Å². The van der Waals surface area contributed by atoms with Crippen molar-refractivity contribution in [1.29, 1.82) is 0 Å². The van der Waals surface area contributed by atoms with Gasteiger partial charge in [-0.2, -0.15) is 0 Å². The highest BCUT2D eigenvalue weighted by Gasteiger charge is 2.67. The van der Waals surface area contributed by atoms with Crippen molar-refractivity contribution in [1.82, 2.24) is 0 Å². The van der Waals surface area contributed by atoms with Gasteiger partial charge in [-0.25, -0.2) is 8.42 Å². The monoisotopic (exact) mass is 200 g/mol. The highest BCUT2D eigenvalue weighted by molar-refractivity contribution is 7.92. The molecule has 3 aliphatic rings. The Morgan fingerprint density at radius 3 is 2.62 bits per heavy atom. The minimum atomic E-state index is -2.74. The molecule has 0 spiro atoms. The van der Waals surface area contributed by atoms with Crippen LogP contribution in [0.25, 0.3) is 0 Å². The Morgan fingerprint density at radius 1 is 1.38 bits per heavy atom. The molecule has 0 aromatic carbocycles. The molecule has 0 N–H and O–H groups in total. The first-order chi connectivity index (χ1) is 5.95. The third kappa shape index (κ3) is 0.741. The van der Waals surface area contributed by atoms with Crippen molar-refractivity contribution in [2.75, 3.05) is 5.75 Å². The van der Waals surface area contributed by atoms with Crippen LogP contribution < -0.4 is 0 Å². The lowest BCUT2D eigenvalue weighted by Crippen LogP contribution is -2.35. The van der Waals surface area contributed by atoms with Crippen LogP contribution in [0.5, 0.6) is 0 Å². The zero-order valence-electron chi connectivity index (χ0n) is 8.16. The molecule has 0 radical (unpaired) electrons. The molecule has 3 heteroatoms. The van der Waals surface area contributed by atoms with Crippen molar-refractivity contribution in [2.24, 2.45) is 23.2 Å². The van der Waals surface area contributed by atoms with Crippen LogP contribution in [0.15, 0.2) is 0 Å². The van der Waals surface area contributed by atoms with E-state index in [0.29, 0.717) is 23.5 Å². The lowest BCUT2D eigenvalue weighted by atomic mass is 9.75. The molecule has 74 valence electrons. The summed E-state index contributed by atoms with van der Waals surface area (Å²) < 4.78 is 23.8. The van der Waals surface area contributed by atoms with Crippen LogP contribution >= 0.6 is 0 Å². The van der Waals surface area contributed by atoms with Crippen molar-refractivity contribution in [3.63, 3.8) is 0 Å². The van der Waals surface area contributed by atoms with Crippen LogP contribution in [-0.2, 0) is 9.84 Å². The molecule has 1 aliphatic heterocycles. The Kier molecular flexibility index (Phi) is 1.26. The first-order valence-corrected chi connectivity index (χ1v) is 6.88. The Balaban J connectivity index is 2.21. The summed E-state index contributed by atoms with van der Waals surface area (Å²) in [6.45, 7) is 4.34. The molecule has 2 aliphatic carbocycles. The number of rotatable bonds is 0. The molecule has 0 aromatic heterocycles. The first-order valence-electron chi connectivity index (χ1n) is 5.17. The number of fused-ring (bicyclic) bond motifs is 1. The molecule has 1 saturated heterocycles. The topological polar surface area (TPSA) is 34.1 Å². The van der Waals surface area contributed by atoms with Gasteiger partial charge in [-0.1, -0.05) is 13.8 Å². The fraction of sp³-hybridized carbons (Fsp3) is 1.00. The third-order valence-electron chi connectivity index (χ3n) is 4.91. The van der Waals surface area contributed by atoms with Crippen LogP contribution in [0.4, 0.5) is 0 Å². The average Bonchev–Trinajstić information content (AvgIpc) is 2.40. The molecule has 3 unspecified atom stereocenters. The van der Waals surface area contributed by atoms with E-state index in [1.54, 1.807) is 0 Å². The van der Waals surface area contributed by atoms with Gasteiger partial charge in [0, 0.05) is 0 Å². The highest BCUT2D eigenvalue weighted by atomic mass is 32.2. The van der Waals surface area contributed by atoms with Gasteiger partial charge in [0.05, 0.1) is 11.0 Å². The van der Waals surface area contributed by atoms with E-state index in [1.165, 1.54) is 12.8 Å². The molecule has 0 amide bonds. The molecule has 1 heterocycles. The maximum atomic E-state index is 11.9. The van der Waals surface area contributed by atoms with E-state index in [0.717, 1.165) is 0 Å². The summed E-state index contributed by atoms with van der Waals surface area (Å²) >= 11 is 0. The maximum Gasteiger partial charge on any atom is 0.154 e. The lowest BCUT2D eigenvalue weighted by molar-refractivity contribution is 0.227. The molecule has 2 bridgehead atoms. The average molecular weight is 200 g/mol. The molecule has 13 heavy (non-hydrogen) atoms. The van der Waals surface area contributed by atoms with Crippen LogP contribution in [0, 0.1) is 23.2 Å². The van der Waals surface area contributed by atoms with Gasteiger partial charge in [0.1, 0.15) is 0 Å². The fourth-order valence-corrected chi connectivity index (χ4v) is 7.70. The van der Waals surface area contributed by atoms with Gasteiger partial charge >= 0.3 is 0 Å². The number of hydrogen-bond acceptors (Lipinski definition) is 2. The van der Waals surface area contributed by atoms with Crippen LogP contribution in [0.3, 0.4) is 0 Å². The fourth-order valence-electron chi connectivity index (χ4n) is 4.43. The predicted molar refractivity (Wildman–Crippen MR) is 51.1 cm³/mol. The molecular formula is C10H16O2S. The Labute approximate surface area is 79.6 Å². The second kappa shape index (κ2) is 1.97. The second-order valence-corrected chi connectivity index (χ2v) is 7.68. The van der Waals surface area contributed by atoms with E-state index in [1.807, 2.05) is 0 Å². The van der Waals surface area contributed by atoms with Crippen molar-refractivity contribution in [2.45, 2.75) is 31.9 Å². The largest absolute Gasteiger partial charge is 0.229 e. The van der Waals surface area contributed by atoms with E-state index in [-0.39, 0.29) is 10.7 Å². The highest BCUT2D eigenvalue weighted by Crippen LogP contribution is 2.66. The minimum Gasteiger partial charge on any atom is -0.229 e. The summed E-state index contributed by atoms with van der Waals surface area (Å²) in [6, 6.07) is 0. The smallest absolute Gasteiger partial charge is 0.154 e. The van der Waals surface area contributed by atoms with Crippen LogP contribution in [-0.4, -0.2) is 19.4 Å². The summed E-state index contributed by atoms with van der Waals surface area (Å²) in [5, 5.41) is 0.00347. The van der Waals surface area contributed by atoms with Gasteiger partial charge in [-0.15, -0.1) is 0 Å². The summed E-state index contributed by atoms with van der Waals surface area (Å²) in [5.41, 5.74) is 0.156. The van der Waals surface area contributed by atoms with Crippen molar-refractivity contribution < 1.29 is 8.42 Å². The van der Waals surface area contributed by atoms with Crippen LogP contribution in [0.1, 0.15) is 26.7 Å². The van der Waals surface area contributed by atoms with Gasteiger partial charge in [0.25, 0.3) is 0 Å². The first kappa shape index (κ1) is 8.27. The van der Waals surface area contributed by atoms with Gasteiger partial charge in [-0.3, -0.25) is 0 Å². The number of hydrogen-bond donors (Lipinski definition) is 0. The number of sulfone groups is 1. The SMILES string of the molecule is CC1C2C3(C)C[C@H]1C[C@H]3CS2(=O)=O. The van der Waals surface area contributed by atoms with Gasteiger partial charge < -0.3 is 0 Å². The normalized spacial score (nSPS) is 61.7. The van der Waals surface area contributed by atoms with Gasteiger partial charge in [-0.05, 0) is 36.0 Å². The quantitative estimate of drug-likeness (QED) is 0.593. The summed E-state index contributed by atoms with van der Waals surface area (Å²) in [7, 11) is -2.74. The third-order valence-corrected chi connectivity index (χ3v) is 7.52. The summed E-state index contributed by atoms with van der Waals surface area (Å²) in [6.07, 6.45) is 2.34. The summed E-state index contributed by atoms with van der Waals surface area (Å²) in [5.74, 6) is 2.10. The maximum absolute atomic E-state index is 11.9. The molecule has 3 rings (SSSR count). The van der Waals surface area contributed by atoms with E-state index < -0.39 is 9.84 Å². The Morgan fingerprint density at radius 2 is 2.08 bits per heavy atom. The Bertz CT molecular complexity index is 359. The van der Waals surface area contributed by atoms with Crippen LogP contribution in [0.2, 0.25) is 0 Å². The van der Waals surface area contributed by atoms with Gasteiger partial charge in [0.2, 0.25) is 0 Å². The van der Waals surface area contributed by atoms with E-state index in [9.17, 15) is 8.42 Å². The van der Waals surface area contributed by atoms with E-state index in [4.69, 9.17) is 0 Å². The molecule has 0 aromatic rings. The second-order valence-electron chi connectivity index (χ2n) is 5.51. The molecular weight excluding hydrogens is 184 g/mol. The van der Waals surface area contributed by atoms with E-state index in [2.05, 4.69) is 13.8 Å². The zero-order valence-corrected chi connectivity index (χ0v) is 8.97. The van der Waals surface area contributed by atoms with Crippen molar-refractivity contribution >= 4 is 9.84 Å². The van der Waals surface area contributed by atoms with Crippen molar-refractivity contribution in [3.05, 3.63) is 0 Å². The van der Waals surface area contributed by atoms with E-state index >= 15 is 0 Å². The molecule has 2 nitrogen and oxygen atoms in total. The summed E-state index contributed by atoms with van der Waals surface area (Å²) in [4.78, 5) is 0. The lowest BCUT2D eigenvalue weighted by Gasteiger charge is -2.31. The molecule has 2 saturated carbocycles. The standard InChI is InChI=1S/C10H16O2S/c1-6-7-3-8-5-13(11,12)9(6)10(8,2)4-7/h6-9H,3-5H2,1-2H3/t6?,7-,8+,9?,10?/m1/s1. The predicted octanol–water partition coefficient (Wildman–Crippen LogP) is 1.47. The molecule has 5 atom stereocenters. The molecule has 3 fully saturated rings. The van der Waals surface area contributed by atoms with Gasteiger partial charge in [0.15, 0.2) is 9.84 Å². The minimum absolute atomic E-state index is 0.00347. The Hall–Kier alpha value is -0.0500.